The van der Waals surface area contributed by atoms with Gasteiger partial charge in [-0.15, -0.1) is 0 Å². The Balaban J connectivity index is 1.27. The first-order chi connectivity index (χ1) is 41.5. The largest absolute Gasteiger partial charge is 0.310 e. The van der Waals surface area contributed by atoms with Crippen molar-refractivity contribution >= 4 is 51.9 Å². The van der Waals surface area contributed by atoms with Gasteiger partial charge in [0.15, 0.2) is 0 Å². The number of benzene rings is 10. The maximum Gasteiger partial charge on any atom is 0.247 e. The molecule has 13 rings (SSSR count). The van der Waals surface area contributed by atoms with Crippen molar-refractivity contribution in [1.29, 1.82) is 0 Å². The second-order valence-corrected chi connectivity index (χ2v) is 30.2. The highest BCUT2D eigenvalue weighted by molar-refractivity contribution is 7.99. The minimum atomic E-state index is -0.836. The molecule has 0 unspecified atom stereocenters. The molecular formula is C81H80BNS. The zero-order chi connectivity index (χ0) is 62.5. The Kier molecular flexibility index (Phi) is 12.0. The lowest BCUT2D eigenvalue weighted by atomic mass is 9.29. The fourth-order valence-corrected chi connectivity index (χ4v) is 14.8. The summed E-state index contributed by atoms with van der Waals surface area (Å²) >= 11 is 1.84. The zero-order valence-electron chi connectivity index (χ0n) is 55.8. The van der Waals surface area contributed by atoms with Gasteiger partial charge in [-0.1, -0.05) is 297 Å². The van der Waals surface area contributed by atoms with Crippen LogP contribution in [0.3, 0.4) is 0 Å². The molecule has 418 valence electrons. The van der Waals surface area contributed by atoms with E-state index in [9.17, 15) is 4.11 Å². The van der Waals surface area contributed by atoms with Crippen molar-refractivity contribution in [1.82, 2.24) is 0 Å². The van der Waals surface area contributed by atoms with Crippen molar-refractivity contribution in [3.8, 4) is 44.5 Å². The average molecular weight is 1110 g/mol. The lowest BCUT2D eigenvalue weighted by Gasteiger charge is -2.51. The van der Waals surface area contributed by atoms with E-state index in [1.54, 1.807) is 0 Å². The maximum absolute atomic E-state index is 9.84. The fourth-order valence-electron chi connectivity index (χ4n) is 13.6. The van der Waals surface area contributed by atoms with E-state index in [0.29, 0.717) is 11.1 Å². The third-order valence-electron chi connectivity index (χ3n) is 18.2. The molecule has 0 aromatic heterocycles. The van der Waals surface area contributed by atoms with E-state index in [-0.39, 0.29) is 52.5 Å². The van der Waals surface area contributed by atoms with Crippen LogP contribution < -0.4 is 21.3 Å². The Bertz CT molecular complexity index is 4350. The third-order valence-corrected chi connectivity index (χ3v) is 19.4. The monoisotopic (exact) mass is 1110 g/mol. The molecule has 0 N–H and O–H groups in total. The molecule has 10 aromatic rings. The van der Waals surface area contributed by atoms with Crippen LogP contribution in [0.1, 0.15) is 159 Å². The lowest BCUT2D eigenvalue weighted by molar-refractivity contribution is 0.569. The van der Waals surface area contributed by atoms with Gasteiger partial charge in [0.1, 0.15) is 0 Å². The fraction of sp³-hybridized carbons (Fsp3) is 0.259. The summed E-state index contributed by atoms with van der Waals surface area (Å²) in [6.45, 7) is 33.8. The van der Waals surface area contributed by atoms with Crippen LogP contribution in [-0.4, -0.2) is 6.71 Å². The van der Waals surface area contributed by atoms with Crippen LogP contribution >= 0.6 is 11.8 Å². The standard InChI is InChI=1S/C81H80BNS/c1-76(2,3)56-42-55(43-57(46-56)77(4,5)6)53-39-41-68-70(45-53)83(75-61(51-28-18-16-19-29-51)47-58(78(7,8)9)48-62(75)52-30-20-17-21-31-52)71-50-59(79(10,11)12)49-67-74(71)82(68)69-44-54(60-32-22-23-33-63(60)80(13,14)15)38-40-64(69)81(67)65-34-24-26-36-72(65)84-73-37-27-25-35-66(73)81/h16-50H,1-15H3/i22D,23D,32D,33D. The van der Waals surface area contributed by atoms with E-state index in [4.69, 9.17) is 1.37 Å². The highest BCUT2D eigenvalue weighted by atomic mass is 32.2. The van der Waals surface area contributed by atoms with Gasteiger partial charge in [0.05, 0.1) is 16.6 Å². The molecule has 3 heterocycles. The topological polar surface area (TPSA) is 3.24 Å². The van der Waals surface area contributed by atoms with Crippen molar-refractivity contribution in [3.63, 3.8) is 0 Å². The molecule has 0 saturated carbocycles. The summed E-state index contributed by atoms with van der Waals surface area (Å²) in [7, 11) is 0. The van der Waals surface area contributed by atoms with Crippen LogP contribution in [0.2, 0.25) is 0 Å². The second-order valence-electron chi connectivity index (χ2n) is 29.1. The summed E-state index contributed by atoms with van der Waals surface area (Å²) in [6, 6.07) is 71.2. The highest BCUT2D eigenvalue weighted by Crippen LogP contribution is 2.59. The van der Waals surface area contributed by atoms with Crippen LogP contribution in [0.15, 0.2) is 222 Å². The molecule has 3 heteroatoms. The van der Waals surface area contributed by atoms with Gasteiger partial charge in [0, 0.05) is 32.3 Å². The van der Waals surface area contributed by atoms with Gasteiger partial charge in [0.2, 0.25) is 6.71 Å². The van der Waals surface area contributed by atoms with E-state index in [1.807, 2.05) is 11.8 Å². The Morgan fingerprint density at radius 1 is 0.369 bits per heavy atom. The third kappa shape index (κ3) is 9.15. The predicted octanol–water partition coefficient (Wildman–Crippen LogP) is 20.3. The summed E-state index contributed by atoms with van der Waals surface area (Å²) in [5.41, 5.74) is 23.4. The number of fused-ring (bicyclic) bond motifs is 10. The van der Waals surface area contributed by atoms with Crippen LogP contribution in [0.4, 0.5) is 17.1 Å². The van der Waals surface area contributed by atoms with E-state index < -0.39 is 10.8 Å². The quantitative estimate of drug-likeness (QED) is 0.158. The molecule has 10 aromatic carbocycles. The van der Waals surface area contributed by atoms with Gasteiger partial charge < -0.3 is 4.90 Å². The summed E-state index contributed by atoms with van der Waals surface area (Å²) in [5.74, 6) is 0. The minimum absolute atomic E-state index is 0.00411. The Hall–Kier alpha value is -7.59. The van der Waals surface area contributed by atoms with Crippen molar-refractivity contribution in [2.24, 2.45) is 0 Å². The zero-order valence-corrected chi connectivity index (χ0v) is 52.6. The molecule has 0 atom stereocenters. The maximum atomic E-state index is 9.84. The predicted molar refractivity (Wildman–Crippen MR) is 363 cm³/mol. The minimum Gasteiger partial charge on any atom is -0.310 e. The van der Waals surface area contributed by atoms with Crippen molar-refractivity contribution < 1.29 is 5.48 Å². The Morgan fingerprint density at radius 2 is 0.869 bits per heavy atom. The van der Waals surface area contributed by atoms with Gasteiger partial charge in [-0.2, -0.15) is 0 Å². The van der Waals surface area contributed by atoms with E-state index in [0.717, 1.165) is 61.4 Å². The molecule has 1 nitrogen and oxygen atoms in total. The van der Waals surface area contributed by atoms with Gasteiger partial charge in [-0.05, 0) is 158 Å². The molecule has 0 saturated heterocycles. The highest BCUT2D eigenvalue weighted by Gasteiger charge is 2.55. The lowest BCUT2D eigenvalue weighted by Crippen LogP contribution is -2.65. The normalized spacial score (nSPS) is 15.0. The number of nitrogens with zero attached hydrogens (tertiary/aromatic N) is 1. The number of anilines is 3. The number of rotatable bonds is 5. The summed E-state index contributed by atoms with van der Waals surface area (Å²) < 4.78 is 37.7. The van der Waals surface area contributed by atoms with Gasteiger partial charge in [0.25, 0.3) is 0 Å². The number of hydrogen-bond acceptors (Lipinski definition) is 2. The first-order valence-corrected chi connectivity index (χ1v) is 31.0. The van der Waals surface area contributed by atoms with Crippen LogP contribution in [-0.2, 0) is 32.5 Å². The summed E-state index contributed by atoms with van der Waals surface area (Å²) in [4.78, 5) is 5.09. The van der Waals surface area contributed by atoms with Crippen molar-refractivity contribution in [2.45, 2.75) is 146 Å². The van der Waals surface area contributed by atoms with Gasteiger partial charge >= 0.3 is 0 Å². The Labute approximate surface area is 512 Å². The van der Waals surface area contributed by atoms with Crippen LogP contribution in [0.25, 0.3) is 44.5 Å². The van der Waals surface area contributed by atoms with E-state index >= 15 is 0 Å². The molecule has 0 bridgehead atoms. The van der Waals surface area contributed by atoms with Crippen LogP contribution in [0.5, 0.6) is 0 Å². The van der Waals surface area contributed by atoms with Gasteiger partial charge in [-0.25, -0.2) is 0 Å². The first-order valence-electron chi connectivity index (χ1n) is 32.2. The second kappa shape index (κ2) is 19.7. The van der Waals surface area contributed by atoms with Crippen molar-refractivity contribution in [2.75, 3.05) is 4.90 Å². The molecule has 3 aliphatic heterocycles. The molecule has 0 radical (unpaired) electrons. The molecule has 3 aliphatic rings. The van der Waals surface area contributed by atoms with Crippen LogP contribution in [0, 0.1) is 0 Å². The molecule has 0 amide bonds. The molecule has 1 spiro atoms. The molecule has 84 heavy (non-hydrogen) atoms. The first kappa shape index (κ1) is 50.9. The summed E-state index contributed by atoms with van der Waals surface area (Å²) in [5, 5.41) is 0. The SMILES string of the molecule is [2H]c1c([2H])c([2H])c(C(C)(C)C)c(-c2ccc3c(c2)B2c4ccc(-c5cc(C(C)(C)C)cc(C(C)(C)C)c5)cc4N(c4c(-c5ccccc5)cc(C(C)(C)C)cc4-c4ccccc4)c4cc(C(C)(C)C)cc(c42)C32c3ccccc3Sc3ccccc32)c1[2H]. The summed E-state index contributed by atoms with van der Waals surface area (Å²) in [6.07, 6.45) is 0. The Morgan fingerprint density at radius 3 is 1.42 bits per heavy atom. The molecular weight excluding hydrogens is 1030 g/mol. The average Bonchev–Trinajstić information content (AvgIpc) is 0.668. The molecule has 0 aliphatic carbocycles. The van der Waals surface area contributed by atoms with Crippen molar-refractivity contribution in [3.05, 3.63) is 262 Å². The number of hydrogen-bond donors (Lipinski definition) is 0. The smallest absolute Gasteiger partial charge is 0.247 e. The van der Waals surface area contributed by atoms with E-state index in [1.165, 1.54) is 65.3 Å². The molecule has 0 fully saturated rings. The van der Waals surface area contributed by atoms with Gasteiger partial charge in [-0.3, -0.25) is 0 Å². The van der Waals surface area contributed by atoms with E-state index in [2.05, 4.69) is 297 Å².